The molecule has 1 aromatic heterocycles. The van der Waals surface area contributed by atoms with Crippen LogP contribution in [0.2, 0.25) is 5.02 Å². The SMILES string of the molecule is Nc1nn(COc2ccc3c(c2)CCC3)cc1Cl. The molecule has 0 fully saturated rings. The molecule has 0 spiro atoms. The standard InChI is InChI=1S/C13H14ClN3O/c14-12-7-17(16-13(12)15)8-18-11-5-4-9-2-1-3-10(9)6-11/h4-7H,1-3,8H2,(H2,15,16). The van der Waals surface area contributed by atoms with Crippen LogP contribution in [0, 0.1) is 0 Å². The smallest absolute Gasteiger partial charge is 0.181 e. The fourth-order valence-corrected chi connectivity index (χ4v) is 2.41. The minimum absolute atomic E-state index is 0.315. The van der Waals surface area contributed by atoms with Gasteiger partial charge in [-0.3, -0.25) is 0 Å². The number of nitrogen functional groups attached to an aromatic ring is 1. The van der Waals surface area contributed by atoms with Gasteiger partial charge in [0.1, 0.15) is 10.8 Å². The molecular formula is C13H14ClN3O. The van der Waals surface area contributed by atoms with Gasteiger partial charge in [-0.15, -0.1) is 0 Å². The first-order chi connectivity index (χ1) is 8.72. The van der Waals surface area contributed by atoms with Crippen LogP contribution >= 0.6 is 11.6 Å². The molecule has 1 aliphatic carbocycles. The van der Waals surface area contributed by atoms with Crippen LogP contribution < -0.4 is 10.5 Å². The van der Waals surface area contributed by atoms with Crippen LogP contribution in [0.15, 0.2) is 24.4 Å². The van der Waals surface area contributed by atoms with Crippen molar-refractivity contribution in [2.75, 3.05) is 5.73 Å². The molecule has 18 heavy (non-hydrogen) atoms. The summed E-state index contributed by atoms with van der Waals surface area (Å²) in [5, 5.41) is 4.49. The fourth-order valence-electron chi connectivity index (χ4n) is 2.26. The summed E-state index contributed by atoms with van der Waals surface area (Å²) in [6, 6.07) is 6.25. The number of anilines is 1. The van der Waals surface area contributed by atoms with E-state index in [1.165, 1.54) is 24.0 Å². The van der Waals surface area contributed by atoms with Gasteiger partial charge in [0.05, 0.1) is 0 Å². The van der Waals surface area contributed by atoms with Crippen molar-refractivity contribution >= 4 is 17.4 Å². The van der Waals surface area contributed by atoms with E-state index in [9.17, 15) is 0 Å². The Balaban J connectivity index is 1.70. The highest BCUT2D eigenvalue weighted by Gasteiger charge is 2.11. The topological polar surface area (TPSA) is 53.1 Å². The molecule has 1 aliphatic rings. The number of hydrogen-bond acceptors (Lipinski definition) is 3. The van der Waals surface area contributed by atoms with Crippen LogP contribution in [0.3, 0.4) is 0 Å². The average molecular weight is 264 g/mol. The van der Waals surface area contributed by atoms with Gasteiger partial charge in [-0.25, -0.2) is 4.68 Å². The van der Waals surface area contributed by atoms with Gasteiger partial charge in [0.2, 0.25) is 0 Å². The Morgan fingerprint density at radius 3 is 2.94 bits per heavy atom. The van der Waals surface area contributed by atoms with Crippen molar-refractivity contribution in [3.63, 3.8) is 0 Å². The number of hydrogen-bond donors (Lipinski definition) is 1. The summed E-state index contributed by atoms with van der Waals surface area (Å²) in [5.41, 5.74) is 8.40. The van der Waals surface area contributed by atoms with Gasteiger partial charge in [-0.05, 0) is 42.5 Å². The van der Waals surface area contributed by atoms with E-state index in [1.807, 2.05) is 6.07 Å². The van der Waals surface area contributed by atoms with Crippen molar-refractivity contribution < 1.29 is 4.74 Å². The number of fused-ring (bicyclic) bond motifs is 1. The first kappa shape index (κ1) is 11.4. The number of rotatable bonds is 3. The summed E-state index contributed by atoms with van der Waals surface area (Å²) < 4.78 is 7.26. The third-order valence-electron chi connectivity index (χ3n) is 3.18. The van der Waals surface area contributed by atoms with Crippen molar-refractivity contribution in [2.45, 2.75) is 26.0 Å². The molecule has 0 amide bonds. The number of nitrogens with zero attached hydrogens (tertiary/aromatic N) is 2. The summed E-state index contributed by atoms with van der Waals surface area (Å²) in [7, 11) is 0. The zero-order chi connectivity index (χ0) is 12.5. The number of benzene rings is 1. The monoisotopic (exact) mass is 263 g/mol. The molecule has 0 aliphatic heterocycles. The van der Waals surface area contributed by atoms with E-state index in [-0.39, 0.29) is 0 Å². The molecule has 94 valence electrons. The maximum Gasteiger partial charge on any atom is 0.181 e. The molecule has 0 bridgehead atoms. The Bertz CT molecular complexity index is 560. The molecule has 0 radical (unpaired) electrons. The molecule has 0 saturated heterocycles. The molecule has 0 saturated carbocycles. The van der Waals surface area contributed by atoms with E-state index in [4.69, 9.17) is 22.1 Å². The number of halogens is 1. The lowest BCUT2D eigenvalue weighted by Gasteiger charge is -2.07. The Labute approximate surface area is 110 Å². The van der Waals surface area contributed by atoms with Gasteiger partial charge in [0, 0.05) is 6.20 Å². The van der Waals surface area contributed by atoms with Crippen LogP contribution in [0.5, 0.6) is 5.75 Å². The second kappa shape index (κ2) is 4.53. The van der Waals surface area contributed by atoms with Gasteiger partial charge in [-0.1, -0.05) is 17.7 Å². The molecule has 0 unspecified atom stereocenters. The maximum absolute atomic E-state index is 5.82. The van der Waals surface area contributed by atoms with Crippen LogP contribution in [-0.2, 0) is 19.6 Å². The minimum atomic E-state index is 0.315. The van der Waals surface area contributed by atoms with Crippen LogP contribution in [0.25, 0.3) is 0 Å². The van der Waals surface area contributed by atoms with Crippen molar-refractivity contribution in [1.29, 1.82) is 0 Å². The first-order valence-corrected chi connectivity index (χ1v) is 6.33. The van der Waals surface area contributed by atoms with Gasteiger partial charge < -0.3 is 10.5 Å². The number of aromatic nitrogens is 2. The quantitative estimate of drug-likeness (QED) is 0.926. The molecule has 1 heterocycles. The van der Waals surface area contributed by atoms with Gasteiger partial charge in [-0.2, -0.15) is 5.10 Å². The van der Waals surface area contributed by atoms with E-state index in [1.54, 1.807) is 10.9 Å². The Morgan fingerprint density at radius 1 is 1.33 bits per heavy atom. The lowest BCUT2D eigenvalue weighted by molar-refractivity contribution is 0.221. The summed E-state index contributed by atoms with van der Waals surface area (Å²) in [5.74, 6) is 1.19. The van der Waals surface area contributed by atoms with Crippen LogP contribution in [-0.4, -0.2) is 9.78 Å². The van der Waals surface area contributed by atoms with Crippen LogP contribution in [0.1, 0.15) is 17.5 Å². The first-order valence-electron chi connectivity index (χ1n) is 5.95. The van der Waals surface area contributed by atoms with Crippen molar-refractivity contribution in [2.24, 2.45) is 0 Å². The maximum atomic E-state index is 5.82. The second-order valence-electron chi connectivity index (χ2n) is 4.46. The highest BCUT2D eigenvalue weighted by molar-refractivity contribution is 6.32. The molecule has 2 N–H and O–H groups in total. The summed E-state index contributed by atoms with van der Waals surface area (Å²) in [6.07, 6.45) is 5.22. The zero-order valence-corrected chi connectivity index (χ0v) is 10.7. The molecule has 2 aromatic rings. The van der Waals surface area contributed by atoms with E-state index in [2.05, 4.69) is 17.2 Å². The average Bonchev–Trinajstić information content (AvgIpc) is 2.94. The molecule has 5 heteroatoms. The number of aryl methyl sites for hydroxylation is 2. The van der Waals surface area contributed by atoms with Gasteiger partial charge >= 0.3 is 0 Å². The van der Waals surface area contributed by atoms with E-state index in [0.29, 0.717) is 17.6 Å². The Kier molecular flexibility index (Phi) is 2.88. The van der Waals surface area contributed by atoms with Crippen molar-refractivity contribution in [3.05, 3.63) is 40.5 Å². The number of ether oxygens (including phenoxy) is 1. The summed E-state index contributed by atoms with van der Waals surface area (Å²) in [6.45, 7) is 0.315. The Hall–Kier alpha value is -1.68. The number of nitrogens with two attached hydrogens (primary N) is 1. The van der Waals surface area contributed by atoms with Crippen LogP contribution in [0.4, 0.5) is 5.82 Å². The van der Waals surface area contributed by atoms with E-state index < -0.39 is 0 Å². The predicted molar refractivity (Wildman–Crippen MR) is 70.7 cm³/mol. The van der Waals surface area contributed by atoms with E-state index in [0.717, 1.165) is 12.2 Å². The summed E-state index contributed by atoms with van der Waals surface area (Å²) in [4.78, 5) is 0. The Morgan fingerprint density at radius 2 is 2.17 bits per heavy atom. The van der Waals surface area contributed by atoms with E-state index >= 15 is 0 Å². The minimum Gasteiger partial charge on any atom is -0.471 e. The molecule has 3 rings (SSSR count). The van der Waals surface area contributed by atoms with Gasteiger partial charge in [0.15, 0.2) is 12.5 Å². The third kappa shape index (κ3) is 2.16. The predicted octanol–water partition coefficient (Wildman–Crippen LogP) is 2.64. The van der Waals surface area contributed by atoms with Crippen molar-refractivity contribution in [3.8, 4) is 5.75 Å². The normalized spacial score (nSPS) is 13.6. The second-order valence-corrected chi connectivity index (χ2v) is 4.87. The fraction of sp³-hybridized carbons (Fsp3) is 0.308. The molecule has 0 atom stereocenters. The highest BCUT2D eigenvalue weighted by Crippen LogP contribution is 2.26. The molecule has 4 nitrogen and oxygen atoms in total. The largest absolute Gasteiger partial charge is 0.471 e. The van der Waals surface area contributed by atoms with Gasteiger partial charge in [0.25, 0.3) is 0 Å². The lowest BCUT2D eigenvalue weighted by Crippen LogP contribution is -2.06. The molecule has 1 aromatic carbocycles. The van der Waals surface area contributed by atoms with Crippen molar-refractivity contribution in [1.82, 2.24) is 9.78 Å². The third-order valence-corrected chi connectivity index (χ3v) is 3.47. The zero-order valence-electron chi connectivity index (χ0n) is 9.90. The summed E-state index contributed by atoms with van der Waals surface area (Å²) >= 11 is 5.82. The highest BCUT2D eigenvalue weighted by atomic mass is 35.5. The lowest BCUT2D eigenvalue weighted by atomic mass is 10.1. The molecular weight excluding hydrogens is 250 g/mol.